The molecule has 0 aliphatic rings. The maximum atomic E-state index is 12.7. The first-order valence-electron chi connectivity index (χ1n) is 4.82. The minimum atomic E-state index is -0.286. The highest BCUT2D eigenvalue weighted by Gasteiger charge is 2.16. The molecule has 0 aromatic heterocycles. The Labute approximate surface area is 93.4 Å². The van der Waals surface area contributed by atoms with Gasteiger partial charge in [0.2, 0.25) is 0 Å². The summed E-state index contributed by atoms with van der Waals surface area (Å²) in [6, 6.07) is 6.06. The second-order valence-electron chi connectivity index (χ2n) is 3.32. The van der Waals surface area contributed by atoms with Crippen LogP contribution in [-0.2, 0) is 0 Å². The predicted molar refractivity (Wildman–Crippen MR) is 59.1 cm³/mol. The van der Waals surface area contributed by atoms with Crippen LogP contribution < -0.4 is 0 Å². The van der Waals surface area contributed by atoms with Crippen molar-refractivity contribution in [1.29, 1.82) is 0 Å². The van der Waals surface area contributed by atoms with Gasteiger partial charge in [0, 0.05) is 5.92 Å². The van der Waals surface area contributed by atoms with Crippen LogP contribution in [0.25, 0.3) is 0 Å². The molecule has 0 aliphatic heterocycles. The highest BCUT2D eigenvalue weighted by atomic mass is 35.5. The summed E-state index contributed by atoms with van der Waals surface area (Å²) in [6.45, 7) is 2.01. The van der Waals surface area contributed by atoms with Crippen LogP contribution >= 0.6 is 11.6 Å². The molecular formula is C11H13ClFNO. The Morgan fingerprint density at radius 2 is 2.07 bits per heavy atom. The molecule has 0 radical (unpaired) electrons. The Hall–Kier alpha value is -1.09. The van der Waals surface area contributed by atoms with Crippen molar-refractivity contribution in [2.24, 2.45) is 5.16 Å². The average Bonchev–Trinajstić information content (AvgIpc) is 2.26. The highest BCUT2D eigenvalue weighted by molar-refractivity contribution is 6.66. The van der Waals surface area contributed by atoms with E-state index in [0.29, 0.717) is 0 Å². The molecule has 0 bridgehead atoms. The Balaban J connectivity index is 2.93. The molecule has 0 spiro atoms. The van der Waals surface area contributed by atoms with Crippen LogP contribution in [0.15, 0.2) is 29.4 Å². The monoisotopic (exact) mass is 229 g/mol. The summed E-state index contributed by atoms with van der Waals surface area (Å²) in [7, 11) is 0. The van der Waals surface area contributed by atoms with Crippen LogP contribution in [0.3, 0.4) is 0 Å². The average molecular weight is 230 g/mol. The van der Waals surface area contributed by atoms with E-state index in [-0.39, 0.29) is 16.9 Å². The molecule has 0 saturated heterocycles. The molecule has 1 unspecified atom stereocenters. The van der Waals surface area contributed by atoms with Gasteiger partial charge in [-0.25, -0.2) is 4.39 Å². The van der Waals surface area contributed by atoms with Gasteiger partial charge in [-0.3, -0.25) is 0 Å². The second-order valence-corrected chi connectivity index (χ2v) is 3.70. The quantitative estimate of drug-likeness (QED) is 0.476. The minimum absolute atomic E-state index is 0.142. The normalized spacial score (nSPS) is 13.9. The fourth-order valence-electron chi connectivity index (χ4n) is 1.48. The van der Waals surface area contributed by atoms with E-state index in [1.807, 2.05) is 6.92 Å². The van der Waals surface area contributed by atoms with Gasteiger partial charge in [-0.15, -0.1) is 0 Å². The second kappa shape index (κ2) is 5.71. The van der Waals surface area contributed by atoms with Crippen molar-refractivity contribution >= 4 is 16.8 Å². The van der Waals surface area contributed by atoms with Gasteiger partial charge in [0.15, 0.2) is 5.17 Å². The van der Waals surface area contributed by atoms with Gasteiger partial charge >= 0.3 is 0 Å². The SMILES string of the molecule is CCCC(/C(Cl)=N/O)c1ccc(F)cc1. The van der Waals surface area contributed by atoms with Crippen LogP contribution in [0.1, 0.15) is 31.2 Å². The molecule has 1 N–H and O–H groups in total. The van der Waals surface area contributed by atoms with Crippen LogP contribution in [-0.4, -0.2) is 10.4 Å². The summed E-state index contributed by atoms with van der Waals surface area (Å²) in [5, 5.41) is 11.8. The van der Waals surface area contributed by atoms with Crippen LogP contribution in [0.2, 0.25) is 0 Å². The van der Waals surface area contributed by atoms with E-state index in [4.69, 9.17) is 16.8 Å². The Bertz CT molecular complexity index is 337. The minimum Gasteiger partial charge on any atom is -0.410 e. The van der Waals surface area contributed by atoms with Gasteiger partial charge in [-0.1, -0.05) is 42.2 Å². The number of halogens is 2. The number of hydrogen-bond donors (Lipinski definition) is 1. The molecule has 0 amide bonds. The maximum absolute atomic E-state index is 12.7. The van der Waals surface area contributed by atoms with Crippen molar-refractivity contribution in [3.63, 3.8) is 0 Å². The van der Waals surface area contributed by atoms with Gasteiger partial charge in [-0.05, 0) is 24.1 Å². The summed E-state index contributed by atoms with van der Waals surface area (Å²) in [4.78, 5) is 0. The zero-order valence-corrected chi connectivity index (χ0v) is 9.21. The van der Waals surface area contributed by atoms with Crippen molar-refractivity contribution in [3.8, 4) is 0 Å². The zero-order valence-electron chi connectivity index (χ0n) is 8.45. The fraction of sp³-hybridized carbons (Fsp3) is 0.364. The molecule has 4 heteroatoms. The molecule has 1 aromatic carbocycles. The summed E-state index contributed by atoms with van der Waals surface area (Å²) >= 11 is 5.79. The maximum Gasteiger partial charge on any atom is 0.152 e. The van der Waals surface area contributed by atoms with E-state index in [0.717, 1.165) is 18.4 Å². The third-order valence-corrected chi connectivity index (χ3v) is 2.57. The number of benzene rings is 1. The van der Waals surface area contributed by atoms with E-state index in [9.17, 15) is 4.39 Å². The van der Waals surface area contributed by atoms with Crippen molar-refractivity contribution in [2.45, 2.75) is 25.7 Å². The molecule has 1 atom stereocenters. The number of rotatable bonds is 4. The highest BCUT2D eigenvalue weighted by Crippen LogP contribution is 2.25. The first kappa shape index (κ1) is 12.0. The lowest BCUT2D eigenvalue weighted by molar-refractivity contribution is 0.318. The molecule has 0 aliphatic carbocycles. The van der Waals surface area contributed by atoms with Crippen LogP contribution in [0, 0.1) is 5.82 Å². The van der Waals surface area contributed by atoms with E-state index in [1.54, 1.807) is 12.1 Å². The first-order valence-corrected chi connectivity index (χ1v) is 5.19. The molecular weight excluding hydrogens is 217 g/mol. The Morgan fingerprint density at radius 1 is 1.47 bits per heavy atom. The molecule has 1 rings (SSSR count). The Kier molecular flexibility index (Phi) is 4.56. The Morgan fingerprint density at radius 3 is 2.53 bits per heavy atom. The molecule has 82 valence electrons. The lowest BCUT2D eigenvalue weighted by Gasteiger charge is -2.13. The molecule has 2 nitrogen and oxygen atoms in total. The summed E-state index contributed by atoms with van der Waals surface area (Å²) in [5.41, 5.74) is 0.862. The zero-order chi connectivity index (χ0) is 11.3. The third kappa shape index (κ3) is 3.20. The molecule has 0 fully saturated rings. The smallest absolute Gasteiger partial charge is 0.152 e. The predicted octanol–water partition coefficient (Wildman–Crippen LogP) is 3.74. The number of oxime groups is 1. The standard InChI is InChI=1S/C11H13ClFNO/c1-2-3-10(11(12)14-15)8-4-6-9(13)7-5-8/h4-7,10,15H,2-3H2,1H3/b14-11-. The largest absolute Gasteiger partial charge is 0.410 e. The van der Waals surface area contributed by atoms with E-state index in [2.05, 4.69) is 5.16 Å². The summed E-state index contributed by atoms with van der Waals surface area (Å²) in [6.07, 6.45) is 1.68. The first-order chi connectivity index (χ1) is 7.19. The number of hydrogen-bond acceptors (Lipinski definition) is 2. The lowest BCUT2D eigenvalue weighted by atomic mass is 9.95. The summed E-state index contributed by atoms with van der Waals surface area (Å²) < 4.78 is 12.7. The van der Waals surface area contributed by atoms with Crippen molar-refractivity contribution in [1.82, 2.24) is 0 Å². The van der Waals surface area contributed by atoms with Crippen LogP contribution in [0.5, 0.6) is 0 Å². The topological polar surface area (TPSA) is 32.6 Å². The van der Waals surface area contributed by atoms with Gasteiger partial charge in [0.25, 0.3) is 0 Å². The van der Waals surface area contributed by atoms with E-state index in [1.165, 1.54) is 12.1 Å². The van der Waals surface area contributed by atoms with E-state index < -0.39 is 0 Å². The van der Waals surface area contributed by atoms with Gasteiger partial charge < -0.3 is 5.21 Å². The third-order valence-electron chi connectivity index (χ3n) is 2.23. The van der Waals surface area contributed by atoms with Crippen molar-refractivity contribution in [2.75, 3.05) is 0 Å². The van der Waals surface area contributed by atoms with Gasteiger partial charge in [0.05, 0.1) is 0 Å². The number of nitrogens with zero attached hydrogens (tertiary/aromatic N) is 1. The van der Waals surface area contributed by atoms with Crippen molar-refractivity contribution < 1.29 is 9.60 Å². The molecule has 0 heterocycles. The fourth-order valence-corrected chi connectivity index (χ4v) is 1.71. The van der Waals surface area contributed by atoms with Gasteiger partial charge in [-0.2, -0.15) is 0 Å². The lowest BCUT2D eigenvalue weighted by Crippen LogP contribution is -2.07. The molecule has 15 heavy (non-hydrogen) atoms. The van der Waals surface area contributed by atoms with Crippen molar-refractivity contribution in [3.05, 3.63) is 35.6 Å². The summed E-state index contributed by atoms with van der Waals surface area (Å²) in [5.74, 6) is -0.437. The molecule has 0 saturated carbocycles. The molecule has 1 aromatic rings. The van der Waals surface area contributed by atoms with Crippen LogP contribution in [0.4, 0.5) is 4.39 Å². The van der Waals surface area contributed by atoms with E-state index >= 15 is 0 Å². The van der Waals surface area contributed by atoms with Gasteiger partial charge in [0.1, 0.15) is 5.82 Å².